The summed E-state index contributed by atoms with van der Waals surface area (Å²) in [6.45, 7) is 2.41. The molecule has 1 atom stereocenters. The fraction of sp³-hybridized carbons (Fsp3) is 0.700. The second kappa shape index (κ2) is 4.61. The third kappa shape index (κ3) is 2.38. The van der Waals surface area contributed by atoms with Crippen molar-refractivity contribution in [1.29, 1.82) is 0 Å². The number of hydrogen-bond acceptors (Lipinski definition) is 4. The molecule has 1 amide bonds. The molecule has 1 saturated carbocycles. The topological polar surface area (TPSA) is 96.7 Å². The molecule has 0 aliphatic heterocycles. The van der Waals surface area contributed by atoms with Gasteiger partial charge in [0.2, 0.25) is 5.82 Å². The summed E-state index contributed by atoms with van der Waals surface area (Å²) in [5, 5.41) is 9.51. The van der Waals surface area contributed by atoms with E-state index in [1.165, 1.54) is 0 Å². The minimum Gasteiger partial charge on any atom is -0.345 e. The van der Waals surface area contributed by atoms with Crippen molar-refractivity contribution in [2.75, 3.05) is 6.54 Å². The number of aromatic amines is 1. The van der Waals surface area contributed by atoms with E-state index in [0.29, 0.717) is 12.5 Å². The van der Waals surface area contributed by atoms with Crippen molar-refractivity contribution >= 4 is 5.91 Å². The monoisotopic (exact) mass is 223 g/mol. The number of nitrogens with zero attached hydrogens (tertiary/aromatic N) is 2. The summed E-state index contributed by atoms with van der Waals surface area (Å²) >= 11 is 0. The van der Waals surface area contributed by atoms with E-state index in [4.69, 9.17) is 5.73 Å². The number of carbonyl (C=O) groups is 1. The lowest BCUT2D eigenvalue weighted by Gasteiger charge is -2.12. The van der Waals surface area contributed by atoms with Gasteiger partial charge in [0.1, 0.15) is 5.82 Å². The van der Waals surface area contributed by atoms with Crippen LogP contribution in [0, 0.1) is 0 Å². The van der Waals surface area contributed by atoms with E-state index in [2.05, 4.69) is 20.5 Å². The summed E-state index contributed by atoms with van der Waals surface area (Å²) < 4.78 is 0. The van der Waals surface area contributed by atoms with Gasteiger partial charge >= 0.3 is 0 Å². The van der Waals surface area contributed by atoms with E-state index in [1.807, 2.05) is 6.92 Å². The maximum atomic E-state index is 11.7. The number of amides is 1. The van der Waals surface area contributed by atoms with Gasteiger partial charge in [-0.05, 0) is 19.3 Å². The Kier molecular flexibility index (Phi) is 3.19. The Balaban J connectivity index is 1.96. The van der Waals surface area contributed by atoms with Crippen molar-refractivity contribution in [3.05, 3.63) is 11.6 Å². The maximum Gasteiger partial charge on any atom is 0.291 e. The Morgan fingerprint density at radius 2 is 2.44 bits per heavy atom. The molecule has 1 aromatic rings. The smallest absolute Gasteiger partial charge is 0.291 e. The van der Waals surface area contributed by atoms with E-state index in [9.17, 15) is 4.79 Å². The van der Waals surface area contributed by atoms with Crippen LogP contribution in [0.15, 0.2) is 0 Å². The van der Waals surface area contributed by atoms with Crippen LogP contribution >= 0.6 is 0 Å². The fourth-order valence-corrected chi connectivity index (χ4v) is 1.49. The molecule has 1 unspecified atom stereocenters. The number of H-pyrrole nitrogens is 1. The van der Waals surface area contributed by atoms with Crippen LogP contribution < -0.4 is 11.1 Å². The van der Waals surface area contributed by atoms with Crippen molar-refractivity contribution < 1.29 is 4.79 Å². The van der Waals surface area contributed by atoms with Crippen molar-refractivity contribution in [1.82, 2.24) is 20.5 Å². The molecule has 0 spiro atoms. The highest BCUT2D eigenvalue weighted by atomic mass is 16.2. The molecule has 1 aliphatic carbocycles. The van der Waals surface area contributed by atoms with Gasteiger partial charge in [0, 0.05) is 18.5 Å². The quantitative estimate of drug-likeness (QED) is 0.662. The molecular formula is C10H17N5O. The van der Waals surface area contributed by atoms with Gasteiger partial charge in [0.15, 0.2) is 0 Å². The van der Waals surface area contributed by atoms with Crippen molar-refractivity contribution in [2.24, 2.45) is 5.73 Å². The van der Waals surface area contributed by atoms with Gasteiger partial charge in [-0.2, -0.15) is 0 Å². The van der Waals surface area contributed by atoms with E-state index < -0.39 is 0 Å². The zero-order valence-electron chi connectivity index (χ0n) is 9.36. The van der Waals surface area contributed by atoms with Crippen LogP contribution in [-0.4, -0.2) is 33.7 Å². The molecule has 88 valence electrons. The summed E-state index contributed by atoms with van der Waals surface area (Å²) in [5.41, 5.74) is 5.51. The molecule has 0 radical (unpaired) electrons. The van der Waals surface area contributed by atoms with Crippen LogP contribution in [0.2, 0.25) is 0 Å². The molecule has 16 heavy (non-hydrogen) atoms. The van der Waals surface area contributed by atoms with Crippen molar-refractivity contribution in [3.63, 3.8) is 0 Å². The zero-order valence-corrected chi connectivity index (χ0v) is 9.36. The highest BCUT2D eigenvalue weighted by molar-refractivity contribution is 5.90. The average Bonchev–Trinajstić information content (AvgIpc) is 3.03. The van der Waals surface area contributed by atoms with Crippen molar-refractivity contribution in [2.45, 2.75) is 38.1 Å². The zero-order chi connectivity index (χ0) is 11.5. The highest BCUT2D eigenvalue weighted by Crippen LogP contribution is 2.37. The Morgan fingerprint density at radius 1 is 1.69 bits per heavy atom. The molecule has 4 N–H and O–H groups in total. The van der Waals surface area contributed by atoms with Crippen LogP contribution in [0.25, 0.3) is 0 Å². The summed E-state index contributed by atoms with van der Waals surface area (Å²) in [4.78, 5) is 15.9. The summed E-state index contributed by atoms with van der Waals surface area (Å²) in [7, 11) is 0. The normalized spacial score (nSPS) is 17.1. The van der Waals surface area contributed by atoms with Crippen LogP contribution in [0.3, 0.4) is 0 Å². The summed E-state index contributed by atoms with van der Waals surface area (Å²) in [5.74, 6) is 1.27. The fourth-order valence-electron chi connectivity index (χ4n) is 1.49. The van der Waals surface area contributed by atoms with Crippen LogP contribution in [0.4, 0.5) is 0 Å². The number of nitrogens with one attached hydrogen (secondary N) is 2. The molecule has 2 rings (SSSR count). The lowest BCUT2D eigenvalue weighted by Crippen LogP contribution is -2.40. The number of nitrogens with two attached hydrogens (primary N) is 1. The minimum absolute atomic E-state index is 0.00428. The van der Waals surface area contributed by atoms with Gasteiger partial charge in [-0.15, -0.1) is 5.10 Å². The first kappa shape index (κ1) is 11.1. The standard InChI is InChI=1S/C10H17N5O/c1-2-7(5-11)12-10(16)9-13-8(14-15-9)6-3-4-6/h6-7H,2-5,11H2,1H3,(H,12,16)(H,13,14,15). The van der Waals surface area contributed by atoms with E-state index in [0.717, 1.165) is 25.1 Å². The molecule has 0 bridgehead atoms. The third-order valence-electron chi connectivity index (χ3n) is 2.78. The number of rotatable bonds is 5. The second-order valence-corrected chi connectivity index (χ2v) is 4.13. The van der Waals surface area contributed by atoms with E-state index in [1.54, 1.807) is 0 Å². The van der Waals surface area contributed by atoms with Gasteiger partial charge in [-0.1, -0.05) is 6.92 Å². The van der Waals surface area contributed by atoms with Crippen LogP contribution in [0.5, 0.6) is 0 Å². The first-order chi connectivity index (χ1) is 7.74. The Bertz CT molecular complexity index is 367. The van der Waals surface area contributed by atoms with Gasteiger partial charge in [0.25, 0.3) is 5.91 Å². The molecule has 6 nitrogen and oxygen atoms in total. The number of carbonyl (C=O) groups excluding carboxylic acids is 1. The molecule has 1 aliphatic rings. The van der Waals surface area contributed by atoms with Gasteiger partial charge in [-0.25, -0.2) is 4.98 Å². The number of aromatic nitrogens is 3. The van der Waals surface area contributed by atoms with E-state index in [-0.39, 0.29) is 17.8 Å². The largest absolute Gasteiger partial charge is 0.345 e. The summed E-state index contributed by atoms with van der Waals surface area (Å²) in [6, 6.07) is -0.00428. The molecule has 6 heteroatoms. The predicted octanol–water partition coefficient (Wildman–Crippen LogP) is 0.149. The predicted molar refractivity (Wildman–Crippen MR) is 59.0 cm³/mol. The van der Waals surface area contributed by atoms with Crippen LogP contribution in [-0.2, 0) is 0 Å². The molecule has 1 heterocycles. The highest BCUT2D eigenvalue weighted by Gasteiger charge is 2.28. The first-order valence-corrected chi connectivity index (χ1v) is 5.67. The number of hydrogen-bond donors (Lipinski definition) is 3. The van der Waals surface area contributed by atoms with Crippen molar-refractivity contribution in [3.8, 4) is 0 Å². The molecule has 1 aromatic heterocycles. The maximum absolute atomic E-state index is 11.7. The minimum atomic E-state index is -0.250. The summed E-state index contributed by atoms with van der Waals surface area (Å²) in [6.07, 6.45) is 3.08. The first-order valence-electron chi connectivity index (χ1n) is 5.67. The van der Waals surface area contributed by atoms with Gasteiger partial charge < -0.3 is 11.1 Å². The van der Waals surface area contributed by atoms with Crippen LogP contribution in [0.1, 0.15) is 48.5 Å². The lowest BCUT2D eigenvalue weighted by molar-refractivity contribution is 0.0927. The Morgan fingerprint density at radius 3 is 3.00 bits per heavy atom. The average molecular weight is 223 g/mol. The molecule has 1 fully saturated rings. The molecular weight excluding hydrogens is 206 g/mol. The lowest BCUT2D eigenvalue weighted by atomic mass is 10.2. The Hall–Kier alpha value is -1.43. The van der Waals surface area contributed by atoms with Gasteiger partial charge in [-0.3, -0.25) is 9.89 Å². The third-order valence-corrected chi connectivity index (χ3v) is 2.78. The van der Waals surface area contributed by atoms with E-state index >= 15 is 0 Å². The molecule has 0 aromatic carbocycles. The Labute approximate surface area is 94.0 Å². The SMILES string of the molecule is CCC(CN)NC(=O)c1n[nH]c(C2CC2)n1. The second-order valence-electron chi connectivity index (χ2n) is 4.13. The van der Waals surface area contributed by atoms with Gasteiger partial charge in [0.05, 0.1) is 0 Å². The molecule has 0 saturated heterocycles.